The molecule has 3 rings (SSSR count). The van der Waals surface area contributed by atoms with Crippen LogP contribution >= 0.6 is 0 Å². The number of aromatic amines is 1. The number of benzene rings is 1. The quantitative estimate of drug-likeness (QED) is 0.874. The van der Waals surface area contributed by atoms with Gasteiger partial charge in [-0.15, -0.1) is 0 Å². The Morgan fingerprint density at radius 1 is 1.38 bits per heavy atom. The Morgan fingerprint density at radius 3 is 2.86 bits per heavy atom. The van der Waals surface area contributed by atoms with Crippen LogP contribution in [0, 0.1) is 0 Å². The van der Waals surface area contributed by atoms with E-state index in [4.69, 9.17) is 4.74 Å². The van der Waals surface area contributed by atoms with Crippen molar-refractivity contribution in [2.45, 2.75) is 32.8 Å². The second-order valence-corrected chi connectivity index (χ2v) is 6.13. The summed E-state index contributed by atoms with van der Waals surface area (Å²) in [5.74, 6) is 0.766. The smallest absolute Gasteiger partial charge is 0.414 e. The molecule has 2 aromatic rings. The van der Waals surface area contributed by atoms with Crippen molar-refractivity contribution < 1.29 is 9.53 Å². The van der Waals surface area contributed by atoms with Crippen molar-refractivity contribution in [3.05, 3.63) is 36.2 Å². The fraction of sp³-hybridized carbons (Fsp3) is 0.375. The lowest BCUT2D eigenvalue weighted by molar-refractivity contribution is 0.0584. The van der Waals surface area contributed by atoms with Crippen LogP contribution in [0.2, 0.25) is 0 Å². The van der Waals surface area contributed by atoms with Gasteiger partial charge in [0.25, 0.3) is 0 Å². The molecule has 0 radical (unpaired) electrons. The molecule has 0 atom stereocenters. The molecule has 0 saturated carbocycles. The van der Waals surface area contributed by atoms with E-state index in [1.807, 2.05) is 39.0 Å². The van der Waals surface area contributed by atoms with Gasteiger partial charge in [-0.05, 0) is 38.8 Å². The van der Waals surface area contributed by atoms with Crippen LogP contribution in [0.25, 0.3) is 11.4 Å². The van der Waals surface area contributed by atoms with Gasteiger partial charge >= 0.3 is 6.09 Å². The van der Waals surface area contributed by atoms with Gasteiger partial charge in [0.1, 0.15) is 11.4 Å². The van der Waals surface area contributed by atoms with Crippen molar-refractivity contribution in [3.63, 3.8) is 0 Å². The Bertz CT molecular complexity index is 657. The Balaban J connectivity index is 1.99. The third kappa shape index (κ3) is 2.63. The molecule has 0 bridgehead atoms. The van der Waals surface area contributed by atoms with Crippen molar-refractivity contribution >= 4 is 11.8 Å². The maximum absolute atomic E-state index is 12.4. The normalized spacial score (nSPS) is 14.1. The van der Waals surface area contributed by atoms with Gasteiger partial charge in [-0.2, -0.15) is 0 Å². The average molecular weight is 285 g/mol. The van der Waals surface area contributed by atoms with Gasteiger partial charge in [-0.25, -0.2) is 9.78 Å². The number of nitrogens with zero attached hydrogens (tertiary/aromatic N) is 2. The lowest BCUT2D eigenvalue weighted by Gasteiger charge is -2.25. The summed E-state index contributed by atoms with van der Waals surface area (Å²) < 4.78 is 5.51. The highest BCUT2D eigenvalue weighted by Gasteiger charge is 2.31. The molecule has 2 heterocycles. The maximum atomic E-state index is 12.4. The van der Waals surface area contributed by atoms with Crippen LogP contribution in [0.5, 0.6) is 0 Å². The molecule has 1 N–H and O–H groups in total. The van der Waals surface area contributed by atoms with Crippen LogP contribution in [0.15, 0.2) is 30.6 Å². The topological polar surface area (TPSA) is 58.2 Å². The molecular formula is C16H19N3O2. The molecule has 1 amide bonds. The third-order valence-electron chi connectivity index (χ3n) is 3.36. The molecule has 21 heavy (non-hydrogen) atoms. The van der Waals surface area contributed by atoms with E-state index < -0.39 is 5.60 Å². The number of carbonyl (C=O) groups is 1. The van der Waals surface area contributed by atoms with E-state index in [0.717, 1.165) is 29.1 Å². The molecule has 0 fully saturated rings. The van der Waals surface area contributed by atoms with Crippen molar-refractivity contribution in [2.75, 3.05) is 11.4 Å². The minimum absolute atomic E-state index is 0.305. The number of aromatic nitrogens is 2. The van der Waals surface area contributed by atoms with Gasteiger partial charge in [-0.3, -0.25) is 4.90 Å². The maximum Gasteiger partial charge on any atom is 0.414 e. The highest BCUT2D eigenvalue weighted by molar-refractivity contribution is 5.96. The lowest BCUT2D eigenvalue weighted by Crippen LogP contribution is -2.35. The van der Waals surface area contributed by atoms with Gasteiger partial charge in [-0.1, -0.05) is 12.1 Å². The Labute approximate surface area is 124 Å². The third-order valence-corrected chi connectivity index (χ3v) is 3.36. The summed E-state index contributed by atoms with van der Waals surface area (Å²) in [7, 11) is 0. The number of amides is 1. The predicted molar refractivity (Wildman–Crippen MR) is 81.3 cm³/mol. The predicted octanol–water partition coefficient (Wildman–Crippen LogP) is 3.37. The Kier molecular flexibility index (Phi) is 3.20. The second kappa shape index (κ2) is 4.91. The SMILES string of the molecule is CC(C)(C)OC(=O)N1CCc2cccc(-c3ncc[nH]3)c21. The van der Waals surface area contributed by atoms with Crippen molar-refractivity contribution in [1.82, 2.24) is 9.97 Å². The standard InChI is InChI=1S/C16H19N3O2/c1-16(2,3)21-15(20)19-10-7-11-5-4-6-12(13(11)19)14-17-8-9-18-14/h4-6,8-9H,7,10H2,1-3H3,(H,17,18). The lowest BCUT2D eigenvalue weighted by atomic mass is 10.1. The van der Waals surface area contributed by atoms with Gasteiger partial charge in [0, 0.05) is 24.5 Å². The molecule has 0 saturated heterocycles. The first-order valence-electron chi connectivity index (χ1n) is 7.08. The minimum Gasteiger partial charge on any atom is -0.443 e. The van der Waals surface area contributed by atoms with Crippen molar-refractivity contribution in [2.24, 2.45) is 0 Å². The Hall–Kier alpha value is -2.30. The van der Waals surface area contributed by atoms with E-state index in [9.17, 15) is 4.79 Å². The molecule has 0 unspecified atom stereocenters. The minimum atomic E-state index is -0.501. The fourth-order valence-electron chi connectivity index (χ4n) is 2.56. The molecular weight excluding hydrogens is 266 g/mol. The largest absolute Gasteiger partial charge is 0.443 e. The molecule has 0 aliphatic carbocycles. The monoisotopic (exact) mass is 285 g/mol. The summed E-state index contributed by atoms with van der Waals surface area (Å²) in [4.78, 5) is 21.5. The van der Waals surface area contributed by atoms with E-state index in [-0.39, 0.29) is 6.09 Å². The number of hydrogen-bond acceptors (Lipinski definition) is 3. The van der Waals surface area contributed by atoms with E-state index >= 15 is 0 Å². The molecule has 1 aliphatic heterocycles. The van der Waals surface area contributed by atoms with Crippen LogP contribution in [0.4, 0.5) is 10.5 Å². The van der Waals surface area contributed by atoms with Gasteiger partial charge in [0.15, 0.2) is 0 Å². The van der Waals surface area contributed by atoms with Crippen LogP contribution in [0.1, 0.15) is 26.3 Å². The second-order valence-electron chi connectivity index (χ2n) is 6.13. The summed E-state index contributed by atoms with van der Waals surface area (Å²) in [6, 6.07) is 6.02. The number of para-hydroxylation sites is 1. The van der Waals surface area contributed by atoms with Gasteiger partial charge in [0.05, 0.1) is 5.69 Å². The number of fused-ring (bicyclic) bond motifs is 1. The van der Waals surface area contributed by atoms with Crippen LogP contribution in [-0.4, -0.2) is 28.2 Å². The molecule has 1 aliphatic rings. The number of H-pyrrole nitrogens is 1. The number of carbonyl (C=O) groups excluding carboxylic acids is 1. The van der Waals surface area contributed by atoms with Gasteiger partial charge < -0.3 is 9.72 Å². The van der Waals surface area contributed by atoms with E-state index in [0.29, 0.717) is 6.54 Å². The first-order chi connectivity index (χ1) is 9.96. The molecule has 0 spiro atoms. The molecule has 110 valence electrons. The summed E-state index contributed by atoms with van der Waals surface area (Å²) in [6.07, 6.45) is 4.02. The zero-order valence-electron chi connectivity index (χ0n) is 12.5. The van der Waals surface area contributed by atoms with E-state index in [2.05, 4.69) is 9.97 Å². The van der Waals surface area contributed by atoms with Crippen molar-refractivity contribution in [1.29, 1.82) is 0 Å². The number of hydrogen-bond donors (Lipinski definition) is 1. The van der Waals surface area contributed by atoms with Crippen molar-refractivity contribution in [3.8, 4) is 11.4 Å². The highest BCUT2D eigenvalue weighted by atomic mass is 16.6. The summed E-state index contributed by atoms with van der Waals surface area (Å²) >= 11 is 0. The zero-order chi connectivity index (χ0) is 15.0. The van der Waals surface area contributed by atoms with E-state index in [1.54, 1.807) is 17.3 Å². The van der Waals surface area contributed by atoms with E-state index in [1.165, 1.54) is 0 Å². The number of nitrogens with one attached hydrogen (secondary N) is 1. The summed E-state index contributed by atoms with van der Waals surface area (Å²) in [5, 5.41) is 0. The molecule has 5 heteroatoms. The number of rotatable bonds is 1. The molecule has 5 nitrogen and oxygen atoms in total. The summed E-state index contributed by atoms with van der Waals surface area (Å²) in [5.41, 5.74) is 2.48. The molecule has 1 aromatic heterocycles. The average Bonchev–Trinajstić information content (AvgIpc) is 3.05. The summed E-state index contributed by atoms with van der Waals surface area (Å²) in [6.45, 7) is 6.27. The van der Waals surface area contributed by atoms with Crippen LogP contribution < -0.4 is 4.90 Å². The van der Waals surface area contributed by atoms with Crippen LogP contribution in [0.3, 0.4) is 0 Å². The fourth-order valence-corrected chi connectivity index (χ4v) is 2.56. The number of anilines is 1. The Morgan fingerprint density at radius 2 is 2.19 bits per heavy atom. The van der Waals surface area contributed by atoms with Gasteiger partial charge in [0.2, 0.25) is 0 Å². The molecule has 1 aromatic carbocycles. The highest BCUT2D eigenvalue weighted by Crippen LogP contribution is 2.37. The first-order valence-corrected chi connectivity index (χ1v) is 7.08. The zero-order valence-corrected chi connectivity index (χ0v) is 12.5. The first kappa shape index (κ1) is 13.7. The number of imidazole rings is 1. The van der Waals surface area contributed by atoms with Crippen LogP contribution in [-0.2, 0) is 11.2 Å². The number of ether oxygens (including phenoxy) is 1.